The second kappa shape index (κ2) is 9.03. The number of halogens is 1. The van der Waals surface area contributed by atoms with Crippen LogP contribution in [0.3, 0.4) is 0 Å². The third-order valence-corrected chi connectivity index (χ3v) is 6.47. The number of nitrogens with zero attached hydrogens (tertiary/aromatic N) is 8. The zero-order valence-electron chi connectivity index (χ0n) is 19.7. The quantitative estimate of drug-likeness (QED) is 0.346. The van der Waals surface area contributed by atoms with E-state index >= 15 is 0 Å². The van der Waals surface area contributed by atoms with Crippen molar-refractivity contribution in [3.8, 4) is 16.8 Å². The fourth-order valence-electron chi connectivity index (χ4n) is 4.42. The molecular formula is C25H21ClN10O. The number of fused-ring (bicyclic) bond motifs is 2. The van der Waals surface area contributed by atoms with E-state index in [1.54, 1.807) is 29.2 Å². The van der Waals surface area contributed by atoms with E-state index in [0.29, 0.717) is 46.6 Å². The Kier molecular flexibility index (Phi) is 5.53. The van der Waals surface area contributed by atoms with Crippen molar-refractivity contribution in [1.82, 2.24) is 39.1 Å². The molecule has 11 nitrogen and oxygen atoms in total. The number of nitrogen functional groups attached to an aromatic ring is 1. The van der Waals surface area contributed by atoms with E-state index in [2.05, 4.69) is 24.9 Å². The van der Waals surface area contributed by atoms with Gasteiger partial charge in [0.05, 0.1) is 22.6 Å². The molecule has 3 N–H and O–H groups in total. The van der Waals surface area contributed by atoms with Gasteiger partial charge in [0.2, 0.25) is 5.95 Å². The standard InChI is InChI=1S/C25H21ClN10O/c1-2-34(23-20-17(12-28-22(20)31-14-32-23)15-10-29-25(27)30-11-15)13-19-33-35-9-8-18(26)21(35)24(37)36(19)16-6-4-3-5-7-16/h3-12,14H,2,13H2,1H3,(H2,27,29,30)(H,28,31,32). The summed E-state index contributed by atoms with van der Waals surface area (Å²) in [5, 5.41) is 5.92. The molecular weight excluding hydrogens is 492 g/mol. The zero-order chi connectivity index (χ0) is 25.5. The molecule has 0 saturated heterocycles. The molecule has 0 bridgehead atoms. The van der Waals surface area contributed by atoms with Crippen LogP contribution < -0.4 is 16.2 Å². The van der Waals surface area contributed by atoms with E-state index in [9.17, 15) is 4.79 Å². The highest BCUT2D eigenvalue weighted by Crippen LogP contribution is 2.33. The number of para-hydroxylation sites is 1. The van der Waals surface area contributed by atoms with E-state index < -0.39 is 0 Å². The van der Waals surface area contributed by atoms with Gasteiger partial charge in [0.25, 0.3) is 5.56 Å². The number of nitrogens with one attached hydrogen (secondary N) is 1. The second-order valence-corrected chi connectivity index (χ2v) is 8.72. The summed E-state index contributed by atoms with van der Waals surface area (Å²) in [5.41, 5.74) is 8.72. The molecule has 5 aromatic heterocycles. The number of H-pyrrole nitrogens is 1. The van der Waals surface area contributed by atoms with Crippen LogP contribution in [-0.2, 0) is 6.54 Å². The number of aromatic amines is 1. The van der Waals surface area contributed by atoms with Gasteiger partial charge in [0.1, 0.15) is 23.3 Å². The van der Waals surface area contributed by atoms with Crippen LogP contribution >= 0.6 is 11.6 Å². The molecule has 6 aromatic rings. The average molecular weight is 513 g/mol. The summed E-state index contributed by atoms with van der Waals surface area (Å²) in [6.45, 7) is 2.90. The third-order valence-electron chi connectivity index (χ3n) is 6.16. The SMILES string of the molecule is CCN(Cc1nn2ccc(Cl)c2c(=O)n1-c1ccccc1)c1ncnc2[nH]cc(-c3cnc(N)nc3)c12. The molecule has 0 aliphatic heterocycles. The van der Waals surface area contributed by atoms with E-state index in [1.807, 2.05) is 48.4 Å². The topological polar surface area (TPSA) is 136 Å². The molecule has 0 atom stereocenters. The summed E-state index contributed by atoms with van der Waals surface area (Å²) < 4.78 is 3.12. The Morgan fingerprint density at radius 1 is 1.08 bits per heavy atom. The van der Waals surface area contributed by atoms with Gasteiger partial charge < -0.3 is 15.6 Å². The van der Waals surface area contributed by atoms with Gasteiger partial charge in [-0.1, -0.05) is 29.8 Å². The minimum Gasteiger partial charge on any atom is -0.368 e. The Hall–Kier alpha value is -4.77. The number of benzene rings is 1. The fraction of sp³-hybridized carbons (Fsp3) is 0.120. The van der Waals surface area contributed by atoms with Crippen molar-refractivity contribution in [1.29, 1.82) is 0 Å². The lowest BCUT2D eigenvalue weighted by molar-refractivity contribution is 0.685. The van der Waals surface area contributed by atoms with Crippen molar-refractivity contribution in [3.63, 3.8) is 0 Å². The summed E-state index contributed by atoms with van der Waals surface area (Å²) in [4.78, 5) is 36.1. The largest absolute Gasteiger partial charge is 0.368 e. The summed E-state index contributed by atoms with van der Waals surface area (Å²) in [6.07, 6.45) is 8.36. The second-order valence-electron chi connectivity index (χ2n) is 8.32. The monoisotopic (exact) mass is 512 g/mol. The maximum absolute atomic E-state index is 13.6. The number of rotatable bonds is 6. The Morgan fingerprint density at radius 3 is 2.62 bits per heavy atom. The molecule has 0 unspecified atom stereocenters. The molecule has 6 rings (SSSR count). The van der Waals surface area contributed by atoms with Crippen molar-refractivity contribution < 1.29 is 0 Å². The normalized spacial score (nSPS) is 11.4. The molecule has 0 radical (unpaired) electrons. The van der Waals surface area contributed by atoms with Crippen molar-refractivity contribution in [2.24, 2.45) is 0 Å². The summed E-state index contributed by atoms with van der Waals surface area (Å²) >= 11 is 6.33. The number of hydrogen-bond donors (Lipinski definition) is 2. The maximum atomic E-state index is 13.6. The van der Waals surface area contributed by atoms with Crippen LogP contribution in [0.5, 0.6) is 0 Å². The first-order valence-corrected chi connectivity index (χ1v) is 11.9. The van der Waals surface area contributed by atoms with Crippen molar-refractivity contribution >= 4 is 39.9 Å². The van der Waals surface area contributed by atoms with Gasteiger partial charge in [-0.05, 0) is 25.1 Å². The highest BCUT2D eigenvalue weighted by Gasteiger charge is 2.22. The summed E-state index contributed by atoms with van der Waals surface area (Å²) in [7, 11) is 0. The first kappa shape index (κ1) is 22.7. The molecule has 0 aliphatic rings. The highest BCUT2D eigenvalue weighted by atomic mass is 35.5. The van der Waals surface area contributed by atoms with Crippen molar-refractivity contribution in [2.45, 2.75) is 13.5 Å². The van der Waals surface area contributed by atoms with Gasteiger partial charge in [-0.25, -0.2) is 24.5 Å². The molecule has 0 aliphatic carbocycles. The predicted octanol–water partition coefficient (Wildman–Crippen LogP) is 3.48. The van der Waals surface area contributed by atoms with Crippen LogP contribution in [0.4, 0.5) is 11.8 Å². The number of hydrogen-bond acceptors (Lipinski definition) is 8. The maximum Gasteiger partial charge on any atom is 0.284 e. The lowest BCUT2D eigenvalue weighted by Gasteiger charge is -2.24. The van der Waals surface area contributed by atoms with Crippen molar-refractivity contribution in [2.75, 3.05) is 17.2 Å². The van der Waals surface area contributed by atoms with Gasteiger partial charge >= 0.3 is 0 Å². The summed E-state index contributed by atoms with van der Waals surface area (Å²) in [5.74, 6) is 1.40. The lowest BCUT2D eigenvalue weighted by Crippen LogP contribution is -2.32. The van der Waals surface area contributed by atoms with Gasteiger partial charge in [0, 0.05) is 42.5 Å². The Labute approximate surface area is 215 Å². The van der Waals surface area contributed by atoms with Crippen LogP contribution in [0.25, 0.3) is 33.4 Å². The van der Waals surface area contributed by atoms with E-state index in [0.717, 1.165) is 16.5 Å². The fourth-order valence-corrected chi connectivity index (χ4v) is 4.64. The molecule has 1 aromatic carbocycles. The van der Waals surface area contributed by atoms with Crippen LogP contribution in [0.15, 0.2) is 72.3 Å². The van der Waals surface area contributed by atoms with Gasteiger partial charge in [-0.3, -0.25) is 9.36 Å². The molecule has 184 valence electrons. The number of anilines is 2. The molecule has 0 amide bonds. The van der Waals surface area contributed by atoms with E-state index in [4.69, 9.17) is 22.4 Å². The minimum absolute atomic E-state index is 0.195. The first-order chi connectivity index (χ1) is 18.0. The van der Waals surface area contributed by atoms with Gasteiger partial charge in [-0.2, -0.15) is 5.10 Å². The molecule has 0 spiro atoms. The van der Waals surface area contributed by atoms with Crippen LogP contribution in [-0.4, -0.2) is 45.6 Å². The smallest absolute Gasteiger partial charge is 0.284 e. The molecule has 0 saturated carbocycles. The highest BCUT2D eigenvalue weighted by molar-refractivity contribution is 6.33. The Balaban J connectivity index is 1.52. The first-order valence-electron chi connectivity index (χ1n) is 11.5. The lowest BCUT2D eigenvalue weighted by atomic mass is 10.1. The Morgan fingerprint density at radius 2 is 1.86 bits per heavy atom. The summed E-state index contributed by atoms with van der Waals surface area (Å²) in [6, 6.07) is 11.0. The van der Waals surface area contributed by atoms with E-state index in [1.165, 1.54) is 10.8 Å². The van der Waals surface area contributed by atoms with Crippen molar-refractivity contribution in [3.05, 3.63) is 88.7 Å². The molecule has 5 heterocycles. The number of nitrogens with two attached hydrogens (primary N) is 1. The molecule has 37 heavy (non-hydrogen) atoms. The van der Waals surface area contributed by atoms with E-state index in [-0.39, 0.29) is 11.5 Å². The van der Waals surface area contributed by atoms with Crippen LogP contribution in [0.1, 0.15) is 12.7 Å². The minimum atomic E-state index is -0.253. The average Bonchev–Trinajstić information content (AvgIpc) is 3.52. The number of aromatic nitrogens is 8. The molecule has 12 heteroatoms. The zero-order valence-corrected chi connectivity index (χ0v) is 20.5. The van der Waals surface area contributed by atoms with Crippen LogP contribution in [0.2, 0.25) is 5.02 Å². The molecule has 0 fully saturated rings. The predicted molar refractivity (Wildman–Crippen MR) is 142 cm³/mol. The third kappa shape index (κ3) is 3.85. The van der Waals surface area contributed by atoms with Gasteiger partial charge in [-0.15, -0.1) is 0 Å². The van der Waals surface area contributed by atoms with Gasteiger partial charge in [0.15, 0.2) is 5.82 Å². The van der Waals surface area contributed by atoms with Crippen LogP contribution in [0, 0.1) is 0 Å². The Bertz CT molecular complexity index is 1790.